The molecule has 5 atom stereocenters. The fourth-order valence-corrected chi connectivity index (χ4v) is 6.59. The maximum absolute atomic E-state index is 12.0. The molecule has 5 nitrogen and oxygen atoms in total. The fraction of sp³-hybridized carbons (Fsp3) is 0.519. The normalized spacial score (nSPS) is 31.1. The highest BCUT2D eigenvalue weighted by Crippen LogP contribution is 2.61. The van der Waals surface area contributed by atoms with Crippen LogP contribution in [0.25, 0.3) is 0 Å². The number of carbonyl (C=O) groups excluding carboxylic acids is 1. The summed E-state index contributed by atoms with van der Waals surface area (Å²) in [5.74, 6) is 2.21. The number of amides is 1. The number of aryl methyl sites for hydroxylation is 1. The van der Waals surface area contributed by atoms with Crippen molar-refractivity contribution in [2.75, 3.05) is 13.6 Å². The Kier molecular flexibility index (Phi) is 5.40. The molecule has 32 heavy (non-hydrogen) atoms. The molecule has 1 aliphatic carbocycles. The molecule has 2 aromatic carbocycles. The van der Waals surface area contributed by atoms with Gasteiger partial charge in [-0.05, 0) is 69.8 Å². The highest BCUT2D eigenvalue weighted by molar-refractivity contribution is 5.73. The molecule has 1 spiro atoms. The van der Waals surface area contributed by atoms with Crippen LogP contribution in [-0.4, -0.2) is 42.6 Å². The molecule has 5 rings (SSSR count). The van der Waals surface area contributed by atoms with E-state index in [1.165, 1.54) is 11.1 Å². The molecule has 170 valence electrons. The van der Waals surface area contributed by atoms with Gasteiger partial charge in [-0.25, -0.2) is 0 Å². The second kappa shape index (κ2) is 8.11. The van der Waals surface area contributed by atoms with Gasteiger partial charge < -0.3 is 19.7 Å². The second-order valence-electron chi connectivity index (χ2n) is 9.90. The zero-order valence-corrected chi connectivity index (χ0v) is 19.6. The number of rotatable bonds is 4. The molecule has 2 heterocycles. The van der Waals surface area contributed by atoms with Crippen LogP contribution in [-0.2, 0) is 16.8 Å². The van der Waals surface area contributed by atoms with E-state index < -0.39 is 0 Å². The molecule has 1 saturated carbocycles. The third kappa shape index (κ3) is 3.29. The molecule has 0 radical (unpaired) electrons. The SMILES string of the molecule is CC(=O)N[C@H]1CCC2C(C)N(C)CCC23c2c(C)ccc(OCc4ccccc4)c2O[C@@H]13. The molecule has 5 heteroatoms. The molecular formula is C27H34N2O3. The number of benzene rings is 2. The van der Waals surface area contributed by atoms with E-state index in [4.69, 9.17) is 9.47 Å². The minimum absolute atomic E-state index is 0.0152. The first kappa shape index (κ1) is 21.3. The predicted octanol–water partition coefficient (Wildman–Crippen LogP) is 4.21. The van der Waals surface area contributed by atoms with Gasteiger partial charge in [0.2, 0.25) is 5.91 Å². The van der Waals surface area contributed by atoms with E-state index in [1.54, 1.807) is 6.92 Å². The summed E-state index contributed by atoms with van der Waals surface area (Å²) < 4.78 is 13.1. The number of ether oxygens (including phenoxy) is 2. The lowest BCUT2D eigenvalue weighted by molar-refractivity contribution is -0.122. The van der Waals surface area contributed by atoms with Gasteiger partial charge in [0.15, 0.2) is 11.5 Å². The van der Waals surface area contributed by atoms with Crippen molar-refractivity contribution in [2.24, 2.45) is 5.92 Å². The zero-order valence-electron chi connectivity index (χ0n) is 19.6. The Morgan fingerprint density at radius 3 is 2.75 bits per heavy atom. The van der Waals surface area contributed by atoms with Crippen molar-refractivity contribution in [2.45, 2.75) is 70.2 Å². The molecule has 3 unspecified atom stereocenters. The number of nitrogens with one attached hydrogen (secondary N) is 1. The molecule has 3 aliphatic rings. The third-order valence-corrected chi connectivity index (χ3v) is 8.15. The van der Waals surface area contributed by atoms with Gasteiger partial charge in [0, 0.05) is 23.9 Å². The van der Waals surface area contributed by atoms with E-state index in [1.807, 2.05) is 24.3 Å². The summed E-state index contributed by atoms with van der Waals surface area (Å²) in [6, 6.07) is 15.0. The first-order chi connectivity index (χ1) is 15.4. The van der Waals surface area contributed by atoms with Gasteiger partial charge in [0.1, 0.15) is 12.7 Å². The monoisotopic (exact) mass is 434 g/mol. The topological polar surface area (TPSA) is 50.8 Å². The Bertz CT molecular complexity index is 1010. The minimum atomic E-state index is -0.0944. The number of hydrogen-bond acceptors (Lipinski definition) is 4. The van der Waals surface area contributed by atoms with Crippen molar-refractivity contribution in [1.82, 2.24) is 10.2 Å². The van der Waals surface area contributed by atoms with Crippen molar-refractivity contribution in [3.63, 3.8) is 0 Å². The molecular weight excluding hydrogens is 400 g/mol. The minimum Gasteiger partial charge on any atom is -0.485 e. The van der Waals surface area contributed by atoms with Gasteiger partial charge in [0.05, 0.1) is 6.04 Å². The molecule has 1 amide bonds. The number of piperidine rings is 1. The molecule has 2 aliphatic heterocycles. The maximum atomic E-state index is 12.0. The highest BCUT2D eigenvalue weighted by atomic mass is 16.5. The average Bonchev–Trinajstić information content (AvgIpc) is 3.14. The summed E-state index contributed by atoms with van der Waals surface area (Å²) in [4.78, 5) is 14.5. The molecule has 0 aromatic heterocycles. The van der Waals surface area contributed by atoms with E-state index in [9.17, 15) is 4.79 Å². The summed E-state index contributed by atoms with van der Waals surface area (Å²) in [7, 11) is 2.23. The lowest BCUT2D eigenvalue weighted by Gasteiger charge is -2.56. The lowest BCUT2D eigenvalue weighted by atomic mass is 9.54. The van der Waals surface area contributed by atoms with Crippen molar-refractivity contribution >= 4 is 5.91 Å². The lowest BCUT2D eigenvalue weighted by Crippen LogP contribution is -2.65. The van der Waals surface area contributed by atoms with Gasteiger partial charge in [-0.3, -0.25) is 4.79 Å². The van der Waals surface area contributed by atoms with Crippen LogP contribution >= 0.6 is 0 Å². The van der Waals surface area contributed by atoms with E-state index in [0.29, 0.717) is 18.6 Å². The zero-order chi connectivity index (χ0) is 22.5. The Hall–Kier alpha value is -2.53. The largest absolute Gasteiger partial charge is 0.485 e. The van der Waals surface area contributed by atoms with E-state index in [-0.39, 0.29) is 23.5 Å². The van der Waals surface area contributed by atoms with Crippen LogP contribution in [0.4, 0.5) is 0 Å². The molecule has 2 aromatic rings. The van der Waals surface area contributed by atoms with Crippen LogP contribution in [0.1, 0.15) is 49.8 Å². The van der Waals surface area contributed by atoms with Gasteiger partial charge in [0.25, 0.3) is 0 Å². The summed E-state index contributed by atoms with van der Waals surface area (Å²) in [5, 5.41) is 3.22. The summed E-state index contributed by atoms with van der Waals surface area (Å²) in [6.45, 7) is 7.69. The van der Waals surface area contributed by atoms with Gasteiger partial charge in [-0.1, -0.05) is 36.4 Å². The smallest absolute Gasteiger partial charge is 0.217 e. The van der Waals surface area contributed by atoms with Crippen molar-refractivity contribution in [3.05, 3.63) is 59.2 Å². The Balaban J connectivity index is 1.57. The molecule has 1 saturated heterocycles. The van der Waals surface area contributed by atoms with Crippen LogP contribution in [0.3, 0.4) is 0 Å². The number of nitrogens with zero attached hydrogens (tertiary/aromatic N) is 1. The first-order valence-corrected chi connectivity index (χ1v) is 11.9. The predicted molar refractivity (Wildman–Crippen MR) is 125 cm³/mol. The highest BCUT2D eigenvalue weighted by Gasteiger charge is 2.62. The van der Waals surface area contributed by atoms with E-state index in [2.05, 4.69) is 49.3 Å². The number of carbonyl (C=O) groups is 1. The van der Waals surface area contributed by atoms with Crippen LogP contribution in [0, 0.1) is 12.8 Å². The summed E-state index contributed by atoms with van der Waals surface area (Å²) >= 11 is 0. The quantitative estimate of drug-likeness (QED) is 0.783. The van der Waals surface area contributed by atoms with Crippen LogP contribution in [0.2, 0.25) is 0 Å². The Morgan fingerprint density at radius 2 is 2.00 bits per heavy atom. The van der Waals surface area contributed by atoms with Crippen LogP contribution in [0.5, 0.6) is 11.5 Å². The summed E-state index contributed by atoms with van der Waals surface area (Å²) in [6.07, 6.45) is 3.01. The Labute approximate surface area is 191 Å². The standard InChI is InChI=1S/C27H34N2O3/c1-17-10-13-23(31-16-20-8-6-5-7-9-20)25-24(17)27-14-15-29(4)18(2)21(27)11-12-22(26(27)32-25)28-19(3)30/h5-10,13,18,21-22,26H,11-12,14-16H2,1-4H3,(H,28,30)/t18?,21?,22-,26-,27?/m0/s1. The maximum Gasteiger partial charge on any atom is 0.217 e. The van der Waals surface area contributed by atoms with Crippen molar-refractivity contribution in [3.8, 4) is 11.5 Å². The summed E-state index contributed by atoms with van der Waals surface area (Å²) in [5.41, 5.74) is 3.62. The Morgan fingerprint density at radius 1 is 1.22 bits per heavy atom. The van der Waals surface area contributed by atoms with Crippen molar-refractivity contribution < 1.29 is 14.3 Å². The van der Waals surface area contributed by atoms with Crippen LogP contribution < -0.4 is 14.8 Å². The van der Waals surface area contributed by atoms with Crippen LogP contribution in [0.15, 0.2) is 42.5 Å². The fourth-order valence-electron chi connectivity index (χ4n) is 6.59. The van der Waals surface area contributed by atoms with Crippen molar-refractivity contribution in [1.29, 1.82) is 0 Å². The van der Waals surface area contributed by atoms with E-state index in [0.717, 1.165) is 42.9 Å². The number of hydrogen-bond donors (Lipinski definition) is 1. The second-order valence-corrected chi connectivity index (χ2v) is 9.90. The number of likely N-dealkylation sites (tertiary alicyclic amines) is 1. The van der Waals surface area contributed by atoms with E-state index >= 15 is 0 Å². The molecule has 1 N–H and O–H groups in total. The van der Waals surface area contributed by atoms with Gasteiger partial charge in [-0.2, -0.15) is 0 Å². The number of fused-ring (bicyclic) bond motifs is 1. The average molecular weight is 435 g/mol. The molecule has 2 fully saturated rings. The first-order valence-electron chi connectivity index (χ1n) is 11.9. The third-order valence-electron chi connectivity index (χ3n) is 8.15. The molecule has 0 bridgehead atoms. The van der Waals surface area contributed by atoms with Gasteiger partial charge in [-0.15, -0.1) is 0 Å². The van der Waals surface area contributed by atoms with Gasteiger partial charge >= 0.3 is 0 Å².